The molecule has 0 unspecified atom stereocenters. The quantitative estimate of drug-likeness (QED) is 0.167. The van der Waals surface area contributed by atoms with Crippen LogP contribution in [0.15, 0.2) is 103 Å². The number of para-hydroxylation sites is 1. The second-order valence-electron chi connectivity index (χ2n) is 14.9. The number of amides is 2. The Morgan fingerprint density at radius 2 is 1.05 bits per heavy atom. The topological polar surface area (TPSA) is 196 Å². The van der Waals surface area contributed by atoms with Crippen LogP contribution in [0.25, 0.3) is 55.0 Å². The molecule has 0 atom stereocenters. The highest BCUT2D eigenvalue weighted by Gasteiger charge is 2.23. The summed E-state index contributed by atoms with van der Waals surface area (Å²) < 4.78 is 61.9. The van der Waals surface area contributed by atoms with Crippen LogP contribution in [0.2, 0.25) is 5.28 Å². The first-order valence-electron chi connectivity index (χ1n) is 19.9. The van der Waals surface area contributed by atoms with Crippen molar-refractivity contribution in [1.82, 2.24) is 27.9 Å². The summed E-state index contributed by atoms with van der Waals surface area (Å²) in [4.78, 5) is 35.2. The summed E-state index contributed by atoms with van der Waals surface area (Å²) in [5.41, 5.74) is 4.54. The van der Waals surface area contributed by atoms with Gasteiger partial charge in [0.05, 0.1) is 61.0 Å². The Bertz CT molecular complexity index is 3240. The zero-order valence-corrected chi connectivity index (χ0v) is 36.5. The van der Waals surface area contributed by atoms with Crippen molar-refractivity contribution in [3.05, 3.63) is 109 Å². The first-order valence-corrected chi connectivity index (χ1v) is 24.0. The van der Waals surface area contributed by atoms with E-state index in [1.54, 1.807) is 42.6 Å². The smallest absolute Gasteiger partial charge is 0.323 e. The molecule has 2 saturated heterocycles. The second-order valence-corrected chi connectivity index (χ2v) is 19.0. The average Bonchev–Trinajstić information content (AvgIpc) is 3.94. The van der Waals surface area contributed by atoms with Crippen molar-refractivity contribution >= 4 is 104 Å². The number of halogens is 1. The first-order chi connectivity index (χ1) is 30.3. The Kier molecular flexibility index (Phi) is 11.4. The molecule has 0 bridgehead atoms. The van der Waals surface area contributed by atoms with Crippen LogP contribution in [0.4, 0.5) is 27.8 Å². The van der Waals surface area contributed by atoms with Crippen molar-refractivity contribution in [2.24, 2.45) is 0 Å². The van der Waals surface area contributed by atoms with E-state index in [1.165, 1.54) is 26.7 Å². The van der Waals surface area contributed by atoms with Gasteiger partial charge in [-0.1, -0.05) is 18.2 Å². The van der Waals surface area contributed by atoms with Crippen LogP contribution in [0.3, 0.4) is 0 Å². The molecule has 20 heteroatoms. The second kappa shape index (κ2) is 17.1. The molecule has 0 spiro atoms. The number of carbonyl (C=O) groups is 1. The molecule has 2 fully saturated rings. The Hall–Kier alpha value is -6.38. The lowest BCUT2D eigenvalue weighted by atomic mass is 10.1. The molecule has 0 radical (unpaired) electrons. The molecule has 324 valence electrons. The number of hydrogen-bond donors (Lipinski definition) is 2. The van der Waals surface area contributed by atoms with E-state index >= 15 is 0 Å². The highest BCUT2D eigenvalue weighted by atomic mass is 35.5. The fourth-order valence-corrected chi connectivity index (χ4v) is 9.53. The predicted molar refractivity (Wildman–Crippen MR) is 246 cm³/mol. The van der Waals surface area contributed by atoms with Gasteiger partial charge in [-0.15, -0.1) is 0 Å². The van der Waals surface area contributed by atoms with Gasteiger partial charge in [0.2, 0.25) is 25.3 Å². The average molecular weight is 909 g/mol. The van der Waals surface area contributed by atoms with E-state index in [4.69, 9.17) is 31.0 Å². The van der Waals surface area contributed by atoms with E-state index in [9.17, 15) is 21.6 Å². The molecule has 6 heterocycles. The molecule has 4 aromatic heterocycles. The van der Waals surface area contributed by atoms with E-state index in [1.807, 2.05) is 54.6 Å². The molecule has 17 nitrogen and oxygen atoms in total. The normalized spacial score (nSPS) is 14.8. The number of hydrogen-bond acceptors (Lipinski definition) is 13. The van der Waals surface area contributed by atoms with Crippen LogP contribution < -0.4 is 20.4 Å². The third kappa shape index (κ3) is 8.69. The molecule has 0 saturated carbocycles. The van der Waals surface area contributed by atoms with Crippen LogP contribution in [0.5, 0.6) is 0 Å². The number of rotatable bonds is 7. The van der Waals surface area contributed by atoms with Crippen molar-refractivity contribution in [3.63, 3.8) is 0 Å². The highest BCUT2D eigenvalue weighted by Crippen LogP contribution is 2.35. The molecule has 0 aliphatic carbocycles. The maximum atomic E-state index is 12.4. The fraction of sp³-hybridized carbons (Fsp3) is 0.233. The summed E-state index contributed by atoms with van der Waals surface area (Å²) >= 11 is 6.13. The number of aromatic nitrogens is 6. The Balaban J connectivity index is 0.000000179. The molecule has 8 aromatic rings. The summed E-state index contributed by atoms with van der Waals surface area (Å²) in [6.45, 7) is 5.29. The monoisotopic (exact) mass is 908 g/mol. The van der Waals surface area contributed by atoms with Crippen molar-refractivity contribution in [3.8, 4) is 11.4 Å². The summed E-state index contributed by atoms with van der Waals surface area (Å²) in [6, 6.07) is 27.0. The lowest BCUT2D eigenvalue weighted by molar-refractivity contribution is 0.122. The third-order valence-electron chi connectivity index (χ3n) is 10.7. The van der Waals surface area contributed by atoms with E-state index in [0.29, 0.717) is 78.8 Å². The van der Waals surface area contributed by atoms with Gasteiger partial charge in [-0.25, -0.2) is 44.5 Å². The van der Waals surface area contributed by atoms with Gasteiger partial charge in [-0.05, 0) is 84.4 Å². The van der Waals surface area contributed by atoms with Crippen LogP contribution in [0.1, 0.15) is 0 Å². The molecular weight excluding hydrogens is 868 g/mol. The zero-order chi connectivity index (χ0) is 43.9. The largest absolute Gasteiger partial charge is 0.378 e. The Morgan fingerprint density at radius 1 is 0.571 bits per heavy atom. The number of benzene rings is 4. The fourth-order valence-electron chi connectivity index (χ4n) is 7.77. The van der Waals surface area contributed by atoms with E-state index in [2.05, 4.69) is 30.4 Å². The van der Waals surface area contributed by atoms with Crippen LogP contribution >= 0.6 is 11.6 Å². The maximum Gasteiger partial charge on any atom is 0.323 e. The number of carbonyl (C=O) groups excluding carboxylic acids is 1. The van der Waals surface area contributed by atoms with E-state index < -0.39 is 20.0 Å². The Morgan fingerprint density at radius 3 is 1.56 bits per heavy atom. The number of ether oxygens (including phenoxy) is 2. The molecule has 4 aromatic carbocycles. The first kappa shape index (κ1) is 41.9. The summed E-state index contributed by atoms with van der Waals surface area (Å²) in [5, 5.41) is 8.92. The van der Waals surface area contributed by atoms with Crippen molar-refractivity contribution < 1.29 is 31.1 Å². The lowest BCUT2D eigenvalue weighted by Crippen LogP contribution is -2.37. The minimum Gasteiger partial charge on any atom is -0.378 e. The summed E-state index contributed by atoms with van der Waals surface area (Å²) in [7, 11) is -6.86. The summed E-state index contributed by atoms with van der Waals surface area (Å²) in [6.07, 6.45) is 5.43. The standard InChI is InChI=1S/C28H26N6O4S.C15H15ClN4O3S/c1-39(36,37)34-14-13-22-24(34)12-11-23-25(22)31-26(32-27(23)33-15-17-38-18-16-33)19-7-9-21(10-8-19)30-28(35)29-20-5-3-2-4-6-20;1-24(21,22)20-5-4-10-12(20)3-2-11-13(10)17-15(16)18-14(11)19-6-8-23-9-7-19/h2-14H,15-18H2,1H3,(H2,29,30,35);2-5H,6-9H2,1H3. The number of urea groups is 1. The third-order valence-corrected chi connectivity index (χ3v) is 12.9. The molecule has 2 N–H and O–H groups in total. The number of morpholine rings is 2. The summed E-state index contributed by atoms with van der Waals surface area (Å²) in [5.74, 6) is 2.03. The zero-order valence-electron chi connectivity index (χ0n) is 34.1. The predicted octanol–water partition coefficient (Wildman–Crippen LogP) is 6.42. The maximum absolute atomic E-state index is 12.4. The van der Waals surface area contributed by atoms with Crippen molar-refractivity contribution in [2.75, 3.05) is 85.6 Å². The highest BCUT2D eigenvalue weighted by molar-refractivity contribution is 7.89. The van der Waals surface area contributed by atoms with Gasteiger partial charge < -0.3 is 29.9 Å². The SMILES string of the molecule is CS(=O)(=O)n1ccc2c3nc(-c4ccc(NC(=O)Nc5ccccc5)cc4)nc(N4CCOCC4)c3ccc21.CS(=O)(=O)n1ccc2c3nc(Cl)nc(N4CCOCC4)c3ccc21. The van der Waals surface area contributed by atoms with Crippen LogP contribution in [-0.4, -0.2) is 116 Å². The van der Waals surface area contributed by atoms with Gasteiger partial charge in [0.15, 0.2) is 5.82 Å². The molecule has 10 rings (SSSR count). The minimum atomic E-state index is -3.48. The van der Waals surface area contributed by atoms with Gasteiger partial charge in [-0.3, -0.25) is 0 Å². The van der Waals surface area contributed by atoms with E-state index in [0.717, 1.165) is 51.8 Å². The van der Waals surface area contributed by atoms with Crippen molar-refractivity contribution in [2.45, 2.75) is 0 Å². The van der Waals surface area contributed by atoms with Gasteiger partial charge in [-0.2, -0.15) is 4.98 Å². The molecule has 2 aliphatic rings. The van der Waals surface area contributed by atoms with Crippen molar-refractivity contribution in [1.29, 1.82) is 0 Å². The number of fused-ring (bicyclic) bond motifs is 6. The number of nitrogens with zero attached hydrogens (tertiary/aromatic N) is 8. The molecule has 2 amide bonds. The van der Waals surface area contributed by atoms with Crippen LogP contribution in [0, 0.1) is 0 Å². The minimum absolute atomic E-state index is 0.142. The number of nitrogens with one attached hydrogen (secondary N) is 2. The molecule has 63 heavy (non-hydrogen) atoms. The van der Waals surface area contributed by atoms with Gasteiger partial charge >= 0.3 is 6.03 Å². The molecule has 2 aliphatic heterocycles. The van der Waals surface area contributed by atoms with E-state index in [-0.39, 0.29) is 11.3 Å². The van der Waals surface area contributed by atoms with Gasteiger partial charge in [0, 0.05) is 77.1 Å². The lowest BCUT2D eigenvalue weighted by Gasteiger charge is -2.29. The molecular formula is C43H41ClN10O7S2. The van der Waals surface area contributed by atoms with Gasteiger partial charge in [0.1, 0.15) is 11.6 Å². The van der Waals surface area contributed by atoms with Crippen LogP contribution in [-0.2, 0) is 29.5 Å². The Labute approximate surface area is 367 Å². The number of anilines is 4. The van der Waals surface area contributed by atoms with Gasteiger partial charge in [0.25, 0.3) is 0 Å².